The largest absolute Gasteiger partial charge is 0.310 e. The number of rotatable bonds is 0. The summed E-state index contributed by atoms with van der Waals surface area (Å²) in [5.41, 5.74) is 1.67. The third kappa shape index (κ3) is 3.58. The van der Waals surface area contributed by atoms with Crippen molar-refractivity contribution in [2.75, 3.05) is 0 Å². The SMILES string of the molecule is C[C@@H]1CCC(=O)NC1=O.Cc1nc2cccc(C)c2c(=O)[nH]1.[HH]. The number of aromatic nitrogens is 2. The Morgan fingerprint density at radius 2 is 1.95 bits per heavy atom. The summed E-state index contributed by atoms with van der Waals surface area (Å²) in [6.07, 6.45) is 1.19. The van der Waals surface area contributed by atoms with Crippen LogP contribution in [0.4, 0.5) is 0 Å². The van der Waals surface area contributed by atoms with Gasteiger partial charge in [-0.05, 0) is 31.9 Å². The quantitative estimate of drug-likeness (QED) is 0.726. The number of benzene rings is 1. The second-order valence-electron chi connectivity index (χ2n) is 5.47. The molecule has 118 valence electrons. The summed E-state index contributed by atoms with van der Waals surface area (Å²) >= 11 is 0. The highest BCUT2D eigenvalue weighted by Crippen LogP contribution is 2.11. The molecule has 1 aliphatic rings. The van der Waals surface area contributed by atoms with Crippen molar-refractivity contribution in [1.82, 2.24) is 15.3 Å². The highest BCUT2D eigenvalue weighted by molar-refractivity contribution is 5.98. The number of fused-ring (bicyclic) bond motifs is 1. The molecule has 1 aliphatic heterocycles. The number of amides is 2. The van der Waals surface area contributed by atoms with Crippen LogP contribution >= 0.6 is 0 Å². The van der Waals surface area contributed by atoms with Crippen LogP contribution in [0.3, 0.4) is 0 Å². The van der Waals surface area contributed by atoms with E-state index in [1.807, 2.05) is 32.0 Å². The normalized spacial score (nSPS) is 17.7. The van der Waals surface area contributed by atoms with Gasteiger partial charge in [0.2, 0.25) is 11.8 Å². The second kappa shape index (κ2) is 6.51. The smallest absolute Gasteiger partial charge is 0.259 e. The molecule has 1 aromatic heterocycles. The standard InChI is InChI=1S/C10H10N2O.C6H9NO2.H2/c1-6-4-3-5-8-9(6)10(13)12-7(2)11-8;1-4-2-3-5(8)7-6(4)9;/h3-5H,1-2H3,(H,11,12,13);4H,2-3H2,1H3,(H,7,8,9);1H/t;4-;/m.1./s1. The number of H-pyrrole nitrogens is 1. The van der Waals surface area contributed by atoms with E-state index < -0.39 is 0 Å². The van der Waals surface area contributed by atoms with Gasteiger partial charge in [0.05, 0.1) is 10.9 Å². The number of aryl methyl sites for hydroxylation is 2. The summed E-state index contributed by atoms with van der Waals surface area (Å²) in [5.74, 6) is 0.398. The zero-order chi connectivity index (χ0) is 16.3. The summed E-state index contributed by atoms with van der Waals surface area (Å²) in [4.78, 5) is 39.6. The lowest BCUT2D eigenvalue weighted by Crippen LogP contribution is -2.39. The molecule has 6 nitrogen and oxygen atoms in total. The van der Waals surface area contributed by atoms with E-state index in [0.717, 1.165) is 11.1 Å². The van der Waals surface area contributed by atoms with Gasteiger partial charge < -0.3 is 4.98 Å². The minimum atomic E-state index is -0.141. The lowest BCUT2D eigenvalue weighted by atomic mass is 10.0. The van der Waals surface area contributed by atoms with Gasteiger partial charge in [0.25, 0.3) is 5.56 Å². The second-order valence-corrected chi connectivity index (χ2v) is 5.47. The van der Waals surface area contributed by atoms with E-state index in [1.54, 1.807) is 6.92 Å². The van der Waals surface area contributed by atoms with Gasteiger partial charge in [-0.15, -0.1) is 0 Å². The van der Waals surface area contributed by atoms with Crippen LogP contribution in [-0.4, -0.2) is 21.8 Å². The topological polar surface area (TPSA) is 91.9 Å². The van der Waals surface area contributed by atoms with Gasteiger partial charge in [-0.3, -0.25) is 19.7 Å². The maximum atomic E-state index is 11.5. The molecule has 22 heavy (non-hydrogen) atoms. The number of aromatic amines is 1. The summed E-state index contributed by atoms with van der Waals surface area (Å²) in [7, 11) is 0. The third-order valence-electron chi connectivity index (χ3n) is 3.58. The monoisotopic (exact) mass is 303 g/mol. The number of nitrogens with zero attached hydrogens (tertiary/aromatic N) is 1. The Morgan fingerprint density at radius 3 is 2.59 bits per heavy atom. The van der Waals surface area contributed by atoms with Crippen LogP contribution in [0.2, 0.25) is 0 Å². The molecule has 2 N–H and O–H groups in total. The molecule has 0 radical (unpaired) electrons. The number of nitrogens with one attached hydrogen (secondary N) is 2. The van der Waals surface area contributed by atoms with Crippen molar-refractivity contribution in [3.63, 3.8) is 0 Å². The zero-order valence-corrected chi connectivity index (χ0v) is 12.9. The Labute approximate surface area is 129 Å². The number of piperidine rings is 1. The Hall–Kier alpha value is -2.50. The number of hydrogen-bond acceptors (Lipinski definition) is 4. The number of imide groups is 1. The number of carbonyl (C=O) groups is 2. The summed E-state index contributed by atoms with van der Waals surface area (Å²) < 4.78 is 0. The molecule has 2 amide bonds. The van der Waals surface area contributed by atoms with Crippen LogP contribution in [0, 0.1) is 19.8 Å². The van der Waals surface area contributed by atoms with E-state index in [1.165, 1.54) is 0 Å². The number of hydrogen-bond donors (Lipinski definition) is 2. The molecular formula is C16H21N3O3. The molecule has 0 aliphatic carbocycles. The molecule has 0 saturated carbocycles. The van der Waals surface area contributed by atoms with Gasteiger partial charge in [-0.1, -0.05) is 19.1 Å². The average molecular weight is 303 g/mol. The molecule has 0 spiro atoms. The van der Waals surface area contributed by atoms with Gasteiger partial charge >= 0.3 is 0 Å². The lowest BCUT2D eigenvalue weighted by molar-refractivity contribution is -0.135. The zero-order valence-electron chi connectivity index (χ0n) is 12.9. The van der Waals surface area contributed by atoms with Gasteiger partial charge in [0, 0.05) is 13.8 Å². The molecule has 1 saturated heterocycles. The Bertz CT molecular complexity index is 786. The first kappa shape index (κ1) is 15.9. The van der Waals surface area contributed by atoms with Crippen molar-refractivity contribution in [2.45, 2.75) is 33.6 Å². The molecule has 1 fully saturated rings. The summed E-state index contributed by atoms with van der Waals surface area (Å²) in [6.45, 7) is 5.51. The molecule has 3 rings (SSSR count). The first-order chi connectivity index (χ1) is 10.4. The van der Waals surface area contributed by atoms with Crippen molar-refractivity contribution in [3.05, 3.63) is 39.9 Å². The summed E-state index contributed by atoms with van der Waals surface area (Å²) in [6, 6.07) is 5.67. The molecule has 2 heterocycles. The fourth-order valence-electron chi connectivity index (χ4n) is 2.28. The highest BCUT2D eigenvalue weighted by atomic mass is 16.2. The van der Waals surface area contributed by atoms with Crippen molar-refractivity contribution in [3.8, 4) is 0 Å². The summed E-state index contributed by atoms with van der Waals surface area (Å²) in [5, 5.41) is 2.94. The van der Waals surface area contributed by atoms with Crippen molar-refractivity contribution in [1.29, 1.82) is 0 Å². The van der Waals surface area contributed by atoms with Crippen molar-refractivity contribution in [2.24, 2.45) is 5.92 Å². The molecule has 0 unspecified atom stereocenters. The van der Waals surface area contributed by atoms with Crippen LogP contribution in [-0.2, 0) is 9.59 Å². The fraction of sp³-hybridized carbons (Fsp3) is 0.375. The maximum absolute atomic E-state index is 11.5. The van der Waals surface area contributed by atoms with E-state index in [0.29, 0.717) is 24.1 Å². The van der Waals surface area contributed by atoms with Crippen LogP contribution in [0.15, 0.2) is 23.0 Å². The Kier molecular flexibility index (Phi) is 4.70. The molecule has 1 aromatic carbocycles. The van der Waals surface area contributed by atoms with Gasteiger partial charge in [0.1, 0.15) is 5.82 Å². The van der Waals surface area contributed by atoms with E-state index in [2.05, 4.69) is 15.3 Å². The predicted molar refractivity (Wildman–Crippen MR) is 85.5 cm³/mol. The van der Waals surface area contributed by atoms with E-state index in [-0.39, 0.29) is 24.7 Å². The first-order valence-electron chi connectivity index (χ1n) is 7.18. The van der Waals surface area contributed by atoms with Gasteiger partial charge in [0.15, 0.2) is 0 Å². The van der Waals surface area contributed by atoms with Crippen molar-refractivity contribution >= 4 is 22.7 Å². The first-order valence-corrected chi connectivity index (χ1v) is 7.18. The molecule has 6 heteroatoms. The minimum Gasteiger partial charge on any atom is -0.310 e. The Balaban J connectivity index is 0.000000235. The van der Waals surface area contributed by atoms with Crippen molar-refractivity contribution < 1.29 is 11.0 Å². The predicted octanol–water partition coefficient (Wildman–Crippen LogP) is 1.85. The van der Waals surface area contributed by atoms with Crippen LogP contribution in [0.25, 0.3) is 10.9 Å². The Morgan fingerprint density at radius 1 is 1.23 bits per heavy atom. The number of carbonyl (C=O) groups excluding carboxylic acids is 2. The maximum Gasteiger partial charge on any atom is 0.259 e. The average Bonchev–Trinajstić information content (AvgIpc) is 2.43. The molecule has 2 aromatic rings. The van der Waals surface area contributed by atoms with E-state index in [4.69, 9.17) is 0 Å². The third-order valence-corrected chi connectivity index (χ3v) is 3.58. The molecule has 1 atom stereocenters. The van der Waals surface area contributed by atoms with Crippen LogP contribution in [0.5, 0.6) is 0 Å². The van der Waals surface area contributed by atoms with E-state index >= 15 is 0 Å². The van der Waals surface area contributed by atoms with Gasteiger partial charge in [-0.2, -0.15) is 0 Å². The highest BCUT2D eigenvalue weighted by Gasteiger charge is 2.21. The van der Waals surface area contributed by atoms with Gasteiger partial charge in [-0.25, -0.2) is 4.98 Å². The fourth-order valence-corrected chi connectivity index (χ4v) is 2.28. The molecular weight excluding hydrogens is 282 g/mol. The van der Waals surface area contributed by atoms with Crippen LogP contribution < -0.4 is 10.9 Å². The lowest BCUT2D eigenvalue weighted by Gasteiger charge is -2.15. The minimum absolute atomic E-state index is 0. The van der Waals surface area contributed by atoms with Crippen LogP contribution in [0.1, 0.15) is 32.6 Å². The molecule has 0 bridgehead atoms. The van der Waals surface area contributed by atoms with E-state index in [9.17, 15) is 14.4 Å².